The van der Waals surface area contributed by atoms with Gasteiger partial charge < -0.3 is 10.2 Å². The van der Waals surface area contributed by atoms with E-state index in [1.165, 1.54) is 0 Å². The first-order valence-electron chi connectivity index (χ1n) is 10.6. The number of aryl methyl sites for hydroxylation is 1. The van der Waals surface area contributed by atoms with Crippen molar-refractivity contribution in [2.24, 2.45) is 0 Å². The highest BCUT2D eigenvalue weighted by molar-refractivity contribution is 6.04. The molecule has 1 unspecified atom stereocenters. The second kappa shape index (κ2) is 9.51. The number of carbonyl (C=O) groups is 2. The van der Waals surface area contributed by atoms with Gasteiger partial charge in [0.15, 0.2) is 5.82 Å². The molecule has 3 aromatic rings. The predicted octanol–water partition coefficient (Wildman–Crippen LogP) is 4.33. The third kappa shape index (κ3) is 4.97. The van der Waals surface area contributed by atoms with E-state index < -0.39 is 0 Å². The molecule has 1 saturated heterocycles. The Kier molecular flexibility index (Phi) is 6.36. The summed E-state index contributed by atoms with van der Waals surface area (Å²) in [4.78, 5) is 36.7. The standard InChI is InChI=1S/C25H26N4O2/c1-18-21(25(31)28-20-12-6-3-7-13-20)17-26-24(27-18)22-14-8-9-15-29(22)23(30)16-19-10-4-2-5-11-19/h2-7,10-13,17,22H,8-9,14-16H2,1H3,(H,28,31). The highest BCUT2D eigenvalue weighted by atomic mass is 16.2. The van der Waals surface area contributed by atoms with Gasteiger partial charge in [-0.3, -0.25) is 9.59 Å². The van der Waals surface area contributed by atoms with Gasteiger partial charge in [-0.15, -0.1) is 0 Å². The van der Waals surface area contributed by atoms with Gasteiger partial charge in [-0.1, -0.05) is 48.5 Å². The van der Waals surface area contributed by atoms with E-state index in [4.69, 9.17) is 0 Å². The number of carbonyl (C=O) groups excluding carboxylic acids is 2. The third-order valence-electron chi connectivity index (χ3n) is 5.59. The van der Waals surface area contributed by atoms with E-state index in [2.05, 4.69) is 15.3 Å². The minimum Gasteiger partial charge on any atom is -0.332 e. The normalized spacial score (nSPS) is 16.0. The highest BCUT2D eigenvalue weighted by Crippen LogP contribution is 2.30. The lowest BCUT2D eigenvalue weighted by Crippen LogP contribution is -2.40. The molecule has 1 fully saturated rings. The van der Waals surface area contributed by atoms with Crippen LogP contribution in [-0.4, -0.2) is 33.2 Å². The molecule has 0 bridgehead atoms. The number of aromatic nitrogens is 2. The summed E-state index contributed by atoms with van der Waals surface area (Å²) in [7, 11) is 0. The first-order chi connectivity index (χ1) is 15.1. The Hall–Kier alpha value is -3.54. The summed E-state index contributed by atoms with van der Waals surface area (Å²) in [5, 5.41) is 2.87. The number of amides is 2. The van der Waals surface area contributed by atoms with Crippen LogP contribution in [0.1, 0.15) is 52.7 Å². The Bertz CT molecular complexity index is 1050. The van der Waals surface area contributed by atoms with Crippen molar-refractivity contribution in [2.45, 2.75) is 38.6 Å². The molecule has 158 valence electrons. The first kappa shape index (κ1) is 20.7. The molecule has 0 spiro atoms. The fraction of sp³-hybridized carbons (Fsp3) is 0.280. The number of anilines is 1. The fourth-order valence-electron chi connectivity index (χ4n) is 3.96. The number of para-hydroxylation sites is 1. The maximum atomic E-state index is 13.0. The molecule has 2 aromatic carbocycles. The molecular formula is C25H26N4O2. The van der Waals surface area contributed by atoms with Gasteiger partial charge in [0.25, 0.3) is 5.91 Å². The summed E-state index contributed by atoms with van der Waals surface area (Å²) >= 11 is 0. The molecule has 6 nitrogen and oxygen atoms in total. The maximum absolute atomic E-state index is 13.0. The van der Waals surface area contributed by atoms with Crippen molar-refractivity contribution in [3.05, 3.63) is 89.5 Å². The molecule has 2 amide bonds. The number of hydrogen-bond acceptors (Lipinski definition) is 4. The summed E-state index contributed by atoms with van der Waals surface area (Å²) < 4.78 is 0. The predicted molar refractivity (Wildman–Crippen MR) is 120 cm³/mol. The number of rotatable bonds is 5. The zero-order chi connectivity index (χ0) is 21.6. The molecule has 31 heavy (non-hydrogen) atoms. The second-order valence-electron chi connectivity index (χ2n) is 7.81. The van der Waals surface area contributed by atoms with E-state index in [0.29, 0.717) is 30.0 Å². The number of nitrogens with zero attached hydrogens (tertiary/aromatic N) is 3. The Morgan fingerprint density at radius 3 is 2.45 bits per heavy atom. The molecule has 1 aliphatic heterocycles. The minimum atomic E-state index is -0.240. The van der Waals surface area contributed by atoms with Gasteiger partial charge in [0.05, 0.1) is 23.7 Å². The van der Waals surface area contributed by atoms with E-state index >= 15 is 0 Å². The van der Waals surface area contributed by atoms with Crippen LogP contribution >= 0.6 is 0 Å². The van der Waals surface area contributed by atoms with E-state index in [1.807, 2.05) is 72.5 Å². The van der Waals surface area contributed by atoms with Crippen LogP contribution in [0.2, 0.25) is 0 Å². The topological polar surface area (TPSA) is 75.2 Å². The lowest BCUT2D eigenvalue weighted by atomic mass is 9.99. The fourth-order valence-corrected chi connectivity index (χ4v) is 3.96. The quantitative estimate of drug-likeness (QED) is 0.674. The zero-order valence-electron chi connectivity index (χ0n) is 17.6. The van der Waals surface area contributed by atoms with Gasteiger partial charge >= 0.3 is 0 Å². The maximum Gasteiger partial charge on any atom is 0.259 e. The van der Waals surface area contributed by atoms with Crippen molar-refractivity contribution in [3.63, 3.8) is 0 Å². The molecule has 0 saturated carbocycles. The van der Waals surface area contributed by atoms with Crippen LogP contribution in [0.3, 0.4) is 0 Å². The van der Waals surface area contributed by atoms with Crippen LogP contribution in [0.15, 0.2) is 66.9 Å². The summed E-state index contributed by atoms with van der Waals surface area (Å²) in [6, 6.07) is 18.9. The molecule has 2 heterocycles. The van der Waals surface area contributed by atoms with E-state index in [-0.39, 0.29) is 17.9 Å². The summed E-state index contributed by atoms with van der Waals surface area (Å²) in [6.07, 6.45) is 4.78. The molecule has 4 rings (SSSR count). The lowest BCUT2D eigenvalue weighted by molar-refractivity contribution is -0.134. The molecule has 0 radical (unpaired) electrons. The van der Waals surface area contributed by atoms with Gasteiger partial charge in [-0.25, -0.2) is 9.97 Å². The third-order valence-corrected chi connectivity index (χ3v) is 5.59. The van der Waals surface area contributed by atoms with Crippen molar-refractivity contribution in [2.75, 3.05) is 11.9 Å². The highest BCUT2D eigenvalue weighted by Gasteiger charge is 2.30. The molecular weight excluding hydrogens is 388 g/mol. The largest absolute Gasteiger partial charge is 0.332 e. The molecule has 0 aliphatic carbocycles. The average molecular weight is 415 g/mol. The number of nitrogens with one attached hydrogen (secondary N) is 1. The Labute approximate surface area is 182 Å². The Morgan fingerprint density at radius 2 is 1.74 bits per heavy atom. The van der Waals surface area contributed by atoms with E-state index in [9.17, 15) is 9.59 Å². The van der Waals surface area contributed by atoms with Crippen molar-refractivity contribution >= 4 is 17.5 Å². The average Bonchev–Trinajstić information content (AvgIpc) is 2.80. The minimum absolute atomic E-state index is 0.0862. The molecule has 1 atom stereocenters. The van der Waals surface area contributed by atoms with Crippen LogP contribution in [-0.2, 0) is 11.2 Å². The van der Waals surface area contributed by atoms with Gasteiger partial charge in [0.1, 0.15) is 0 Å². The van der Waals surface area contributed by atoms with Gasteiger partial charge in [-0.2, -0.15) is 0 Å². The van der Waals surface area contributed by atoms with E-state index in [0.717, 1.165) is 30.5 Å². The number of likely N-dealkylation sites (tertiary alicyclic amines) is 1. The zero-order valence-corrected chi connectivity index (χ0v) is 17.6. The Morgan fingerprint density at radius 1 is 1.03 bits per heavy atom. The lowest BCUT2D eigenvalue weighted by Gasteiger charge is -2.35. The van der Waals surface area contributed by atoms with Crippen molar-refractivity contribution < 1.29 is 9.59 Å². The van der Waals surface area contributed by atoms with Gasteiger partial charge in [-0.05, 0) is 43.9 Å². The first-order valence-corrected chi connectivity index (χ1v) is 10.6. The molecule has 6 heteroatoms. The van der Waals surface area contributed by atoms with Crippen LogP contribution in [0, 0.1) is 6.92 Å². The molecule has 1 aliphatic rings. The SMILES string of the molecule is Cc1nc(C2CCCCN2C(=O)Cc2ccccc2)ncc1C(=O)Nc1ccccc1. The second-order valence-corrected chi connectivity index (χ2v) is 7.81. The molecule has 1 N–H and O–H groups in total. The van der Waals surface area contributed by atoms with Crippen LogP contribution in [0.5, 0.6) is 0 Å². The van der Waals surface area contributed by atoms with Crippen molar-refractivity contribution in [1.82, 2.24) is 14.9 Å². The van der Waals surface area contributed by atoms with E-state index in [1.54, 1.807) is 6.20 Å². The van der Waals surface area contributed by atoms with Crippen LogP contribution in [0.4, 0.5) is 5.69 Å². The van der Waals surface area contributed by atoms with Crippen molar-refractivity contribution in [1.29, 1.82) is 0 Å². The molecule has 1 aromatic heterocycles. The monoisotopic (exact) mass is 414 g/mol. The summed E-state index contributed by atoms with van der Waals surface area (Å²) in [5.41, 5.74) is 2.77. The van der Waals surface area contributed by atoms with Crippen LogP contribution in [0.25, 0.3) is 0 Å². The van der Waals surface area contributed by atoms with Crippen LogP contribution < -0.4 is 5.32 Å². The van der Waals surface area contributed by atoms with Gasteiger partial charge in [0, 0.05) is 18.4 Å². The number of benzene rings is 2. The summed E-state index contributed by atoms with van der Waals surface area (Å²) in [5.74, 6) is 0.453. The number of hydrogen-bond donors (Lipinski definition) is 1. The van der Waals surface area contributed by atoms with Crippen molar-refractivity contribution in [3.8, 4) is 0 Å². The smallest absolute Gasteiger partial charge is 0.259 e. The summed E-state index contributed by atoms with van der Waals surface area (Å²) in [6.45, 7) is 2.51. The number of piperidine rings is 1. The van der Waals surface area contributed by atoms with Gasteiger partial charge in [0.2, 0.25) is 5.91 Å². The Balaban J connectivity index is 1.51.